The monoisotopic (exact) mass is 366 g/mol. The van der Waals surface area contributed by atoms with Crippen LogP contribution in [-0.2, 0) is 4.79 Å². The standard InChI is InChI=1S/C17H14F4N4O/c1-9(23-24-15-13(18)16(20)22-17(21)14(15)19)10-4-6-11(7-5-10)25-8-2-3-12(25)26/h4-7H,2-3,8H2,1H3,(H,22,24)/b23-9-. The van der Waals surface area contributed by atoms with E-state index in [0.717, 1.165) is 12.1 Å². The second-order valence-electron chi connectivity index (χ2n) is 5.70. The highest BCUT2D eigenvalue weighted by Crippen LogP contribution is 2.23. The van der Waals surface area contributed by atoms with E-state index in [0.29, 0.717) is 24.2 Å². The normalized spacial score (nSPS) is 14.9. The molecule has 0 radical (unpaired) electrons. The average Bonchev–Trinajstić information content (AvgIpc) is 3.06. The minimum absolute atomic E-state index is 0.0532. The van der Waals surface area contributed by atoms with Crippen LogP contribution in [0.5, 0.6) is 0 Å². The number of amides is 1. The van der Waals surface area contributed by atoms with Crippen LogP contribution in [0.2, 0.25) is 0 Å². The zero-order valence-corrected chi connectivity index (χ0v) is 13.7. The largest absolute Gasteiger partial charge is 0.312 e. The lowest BCUT2D eigenvalue weighted by atomic mass is 10.1. The Morgan fingerprint density at radius 1 is 1.12 bits per heavy atom. The lowest BCUT2D eigenvalue weighted by molar-refractivity contribution is -0.117. The van der Waals surface area contributed by atoms with E-state index in [2.05, 4.69) is 10.1 Å². The zero-order chi connectivity index (χ0) is 18.8. The highest BCUT2D eigenvalue weighted by molar-refractivity contribution is 6.00. The molecule has 1 aliphatic heterocycles. The number of carbonyl (C=O) groups excluding carboxylic acids is 1. The number of nitrogens with one attached hydrogen (secondary N) is 1. The SMILES string of the molecule is C/C(=N/Nc1c(F)c(F)nc(F)c1F)c1ccc(N2CCCC2=O)cc1. The van der Waals surface area contributed by atoms with Crippen molar-refractivity contribution in [3.05, 3.63) is 53.4 Å². The third-order valence-electron chi connectivity index (χ3n) is 4.00. The Morgan fingerprint density at radius 3 is 2.27 bits per heavy atom. The number of hydrazone groups is 1. The summed E-state index contributed by atoms with van der Waals surface area (Å²) in [6.45, 7) is 2.21. The lowest BCUT2D eigenvalue weighted by Gasteiger charge is -2.15. The fourth-order valence-corrected chi connectivity index (χ4v) is 2.59. The quantitative estimate of drug-likeness (QED) is 0.389. The smallest absolute Gasteiger partial charge is 0.254 e. The summed E-state index contributed by atoms with van der Waals surface area (Å²) in [6, 6.07) is 6.82. The van der Waals surface area contributed by atoms with Crippen molar-refractivity contribution in [2.24, 2.45) is 5.10 Å². The van der Waals surface area contributed by atoms with Crippen LogP contribution in [-0.4, -0.2) is 23.1 Å². The molecule has 1 amide bonds. The van der Waals surface area contributed by atoms with Gasteiger partial charge in [0.15, 0.2) is 0 Å². The molecule has 0 atom stereocenters. The van der Waals surface area contributed by atoms with Crippen LogP contribution in [0.3, 0.4) is 0 Å². The van der Waals surface area contributed by atoms with Gasteiger partial charge in [0, 0.05) is 18.7 Å². The van der Waals surface area contributed by atoms with Crippen molar-refractivity contribution in [1.82, 2.24) is 4.98 Å². The first-order valence-corrected chi connectivity index (χ1v) is 7.79. The van der Waals surface area contributed by atoms with Crippen molar-refractivity contribution in [2.75, 3.05) is 16.9 Å². The number of rotatable bonds is 4. The molecule has 5 nitrogen and oxygen atoms in total. The summed E-state index contributed by atoms with van der Waals surface area (Å²) >= 11 is 0. The number of pyridine rings is 1. The molecule has 0 bridgehead atoms. The number of hydrogen-bond acceptors (Lipinski definition) is 4. The molecule has 0 spiro atoms. The number of carbonyl (C=O) groups is 1. The fraction of sp³-hybridized carbons (Fsp3) is 0.235. The predicted molar refractivity (Wildman–Crippen MR) is 87.9 cm³/mol. The Morgan fingerprint density at radius 2 is 1.73 bits per heavy atom. The molecule has 1 N–H and O–H groups in total. The molecule has 1 aromatic heterocycles. The molecule has 0 saturated carbocycles. The second kappa shape index (κ2) is 7.11. The predicted octanol–water partition coefficient (Wildman–Crippen LogP) is 3.60. The number of benzene rings is 1. The average molecular weight is 366 g/mol. The summed E-state index contributed by atoms with van der Waals surface area (Å²) in [6.07, 6.45) is 1.32. The van der Waals surface area contributed by atoms with Crippen LogP contribution in [0.15, 0.2) is 29.4 Å². The van der Waals surface area contributed by atoms with Gasteiger partial charge >= 0.3 is 0 Å². The van der Waals surface area contributed by atoms with Crippen LogP contribution >= 0.6 is 0 Å². The van der Waals surface area contributed by atoms with Gasteiger partial charge in [0.05, 0.1) is 5.71 Å². The molecule has 0 aliphatic carbocycles. The van der Waals surface area contributed by atoms with Crippen LogP contribution in [0.1, 0.15) is 25.3 Å². The first-order valence-electron chi connectivity index (χ1n) is 7.79. The molecular formula is C17H14F4N4O. The van der Waals surface area contributed by atoms with Crippen LogP contribution in [0.25, 0.3) is 0 Å². The maximum Gasteiger partial charge on any atom is 0.254 e. The Labute approximate surface area is 146 Å². The summed E-state index contributed by atoms with van der Waals surface area (Å²) in [5.74, 6) is -6.80. The zero-order valence-electron chi connectivity index (χ0n) is 13.7. The minimum Gasteiger partial charge on any atom is -0.312 e. The van der Waals surface area contributed by atoms with E-state index in [9.17, 15) is 22.4 Å². The third-order valence-corrected chi connectivity index (χ3v) is 4.00. The molecule has 1 aliphatic rings. The number of nitrogens with zero attached hydrogens (tertiary/aromatic N) is 3. The molecule has 26 heavy (non-hydrogen) atoms. The molecule has 136 valence electrons. The van der Waals surface area contributed by atoms with Gasteiger partial charge in [-0.3, -0.25) is 10.2 Å². The van der Waals surface area contributed by atoms with Gasteiger partial charge in [-0.1, -0.05) is 12.1 Å². The Bertz CT molecular complexity index is 857. The van der Waals surface area contributed by atoms with Gasteiger partial charge in [0.2, 0.25) is 17.5 Å². The highest BCUT2D eigenvalue weighted by Gasteiger charge is 2.22. The van der Waals surface area contributed by atoms with Gasteiger partial charge < -0.3 is 4.90 Å². The Kier molecular flexibility index (Phi) is 4.88. The van der Waals surface area contributed by atoms with E-state index in [1.54, 1.807) is 36.1 Å². The maximum absolute atomic E-state index is 13.5. The number of hydrogen-bond donors (Lipinski definition) is 1. The molecule has 9 heteroatoms. The van der Waals surface area contributed by atoms with E-state index in [4.69, 9.17) is 0 Å². The summed E-state index contributed by atoms with van der Waals surface area (Å²) < 4.78 is 53.2. The van der Waals surface area contributed by atoms with Crippen molar-refractivity contribution < 1.29 is 22.4 Å². The van der Waals surface area contributed by atoms with Crippen LogP contribution in [0.4, 0.5) is 28.9 Å². The minimum atomic E-state index is -1.76. The molecule has 1 aromatic carbocycles. The Balaban J connectivity index is 1.79. The molecule has 1 fully saturated rings. The topological polar surface area (TPSA) is 57.6 Å². The molecule has 2 aromatic rings. The number of aromatic nitrogens is 1. The first kappa shape index (κ1) is 17.8. The molecular weight excluding hydrogens is 352 g/mol. The highest BCUT2D eigenvalue weighted by atomic mass is 19.2. The van der Waals surface area contributed by atoms with E-state index in [-0.39, 0.29) is 5.91 Å². The van der Waals surface area contributed by atoms with Crippen molar-refractivity contribution in [1.29, 1.82) is 0 Å². The van der Waals surface area contributed by atoms with Crippen molar-refractivity contribution >= 4 is 23.0 Å². The summed E-state index contributed by atoms with van der Waals surface area (Å²) in [5.41, 5.74) is 2.59. The van der Waals surface area contributed by atoms with Gasteiger partial charge in [-0.15, -0.1) is 0 Å². The summed E-state index contributed by atoms with van der Waals surface area (Å²) in [7, 11) is 0. The second-order valence-corrected chi connectivity index (χ2v) is 5.70. The maximum atomic E-state index is 13.5. The van der Waals surface area contributed by atoms with Crippen molar-refractivity contribution in [3.8, 4) is 0 Å². The van der Waals surface area contributed by atoms with E-state index in [1.165, 1.54) is 0 Å². The molecule has 2 heterocycles. The van der Waals surface area contributed by atoms with E-state index >= 15 is 0 Å². The van der Waals surface area contributed by atoms with Gasteiger partial charge in [0.25, 0.3) is 11.9 Å². The fourth-order valence-electron chi connectivity index (χ4n) is 2.59. The van der Waals surface area contributed by atoms with Crippen LogP contribution < -0.4 is 10.3 Å². The number of anilines is 2. The summed E-state index contributed by atoms with van der Waals surface area (Å²) in [4.78, 5) is 15.9. The third kappa shape index (κ3) is 3.37. The Hall–Kier alpha value is -2.97. The van der Waals surface area contributed by atoms with Crippen LogP contribution in [0, 0.1) is 23.5 Å². The van der Waals surface area contributed by atoms with Gasteiger partial charge in [-0.2, -0.15) is 27.6 Å². The first-order chi connectivity index (χ1) is 12.4. The van der Waals surface area contributed by atoms with E-state index < -0.39 is 29.2 Å². The molecule has 3 rings (SSSR count). The van der Waals surface area contributed by atoms with Crippen molar-refractivity contribution in [3.63, 3.8) is 0 Å². The van der Waals surface area contributed by atoms with Gasteiger partial charge in [0.1, 0.15) is 5.69 Å². The van der Waals surface area contributed by atoms with Crippen molar-refractivity contribution in [2.45, 2.75) is 19.8 Å². The summed E-state index contributed by atoms with van der Waals surface area (Å²) in [5, 5.41) is 3.76. The lowest BCUT2D eigenvalue weighted by Crippen LogP contribution is -2.23. The number of halogens is 4. The van der Waals surface area contributed by atoms with Gasteiger partial charge in [-0.05, 0) is 31.0 Å². The molecule has 1 saturated heterocycles. The molecule has 0 unspecified atom stereocenters. The van der Waals surface area contributed by atoms with E-state index in [1.807, 2.05) is 5.43 Å². The van der Waals surface area contributed by atoms with Gasteiger partial charge in [-0.25, -0.2) is 0 Å².